The van der Waals surface area contributed by atoms with E-state index in [1.165, 1.54) is 22.5 Å². The molecule has 0 aromatic heterocycles. The van der Waals surface area contributed by atoms with Gasteiger partial charge in [-0.1, -0.05) is 6.07 Å². The molecule has 0 aliphatic carbocycles. The summed E-state index contributed by atoms with van der Waals surface area (Å²) in [5, 5.41) is 14.5. The molecule has 1 fully saturated rings. The fourth-order valence-electron chi connectivity index (χ4n) is 3.22. The van der Waals surface area contributed by atoms with Crippen molar-refractivity contribution in [3.63, 3.8) is 0 Å². The van der Waals surface area contributed by atoms with Gasteiger partial charge in [-0.2, -0.15) is 4.31 Å². The number of halogens is 2. The predicted molar refractivity (Wildman–Crippen MR) is 108 cm³/mol. The van der Waals surface area contributed by atoms with Gasteiger partial charge in [-0.25, -0.2) is 17.2 Å². The van der Waals surface area contributed by atoms with Crippen molar-refractivity contribution < 1.29 is 22.1 Å². The molecule has 8 nitrogen and oxygen atoms in total. The fourth-order valence-corrected chi connectivity index (χ4v) is 4.66. The van der Waals surface area contributed by atoms with Crippen LogP contribution in [0.1, 0.15) is 18.5 Å². The highest BCUT2D eigenvalue weighted by Crippen LogP contribution is 2.32. The Kier molecular flexibility index (Phi) is 6.34. The van der Waals surface area contributed by atoms with Crippen LogP contribution in [0.4, 0.5) is 20.2 Å². The Morgan fingerprint density at radius 3 is 2.33 bits per heavy atom. The number of rotatable bonds is 6. The van der Waals surface area contributed by atoms with E-state index in [1.807, 2.05) is 11.9 Å². The first-order valence-electron chi connectivity index (χ1n) is 9.28. The van der Waals surface area contributed by atoms with E-state index >= 15 is 0 Å². The predicted octanol–water partition coefficient (Wildman–Crippen LogP) is 2.98. The van der Waals surface area contributed by atoms with Gasteiger partial charge in [0.05, 0.1) is 9.82 Å². The van der Waals surface area contributed by atoms with Crippen LogP contribution in [-0.4, -0.2) is 55.8 Å². The van der Waals surface area contributed by atoms with Gasteiger partial charge in [0.1, 0.15) is 5.69 Å². The topological polar surface area (TPSA) is 95.8 Å². The van der Waals surface area contributed by atoms with Gasteiger partial charge >= 0.3 is 0 Å². The minimum atomic E-state index is -3.87. The van der Waals surface area contributed by atoms with E-state index in [9.17, 15) is 27.3 Å². The van der Waals surface area contributed by atoms with Crippen LogP contribution in [0.25, 0.3) is 0 Å². The van der Waals surface area contributed by atoms with Gasteiger partial charge in [-0.15, -0.1) is 0 Å². The monoisotopic (exact) mass is 440 g/mol. The van der Waals surface area contributed by atoms with Crippen molar-refractivity contribution in [2.24, 2.45) is 0 Å². The lowest BCUT2D eigenvalue weighted by atomic mass is 10.1. The van der Waals surface area contributed by atoms with Crippen LogP contribution in [0.5, 0.6) is 0 Å². The summed E-state index contributed by atoms with van der Waals surface area (Å²) in [7, 11) is -1.97. The molecule has 0 bridgehead atoms. The van der Waals surface area contributed by atoms with Crippen molar-refractivity contribution >= 4 is 21.4 Å². The molecule has 1 N–H and O–H groups in total. The Labute approximate surface area is 173 Å². The van der Waals surface area contributed by atoms with Gasteiger partial charge in [-0.3, -0.25) is 10.1 Å². The number of hydrogen-bond donors (Lipinski definition) is 1. The Morgan fingerprint density at radius 2 is 1.73 bits per heavy atom. The molecule has 0 unspecified atom stereocenters. The van der Waals surface area contributed by atoms with Crippen molar-refractivity contribution in [1.29, 1.82) is 0 Å². The molecular formula is C19H22F2N4O4S. The quantitative estimate of drug-likeness (QED) is 0.548. The average molecular weight is 440 g/mol. The first-order valence-corrected chi connectivity index (χ1v) is 10.7. The Morgan fingerprint density at radius 1 is 1.07 bits per heavy atom. The molecule has 11 heteroatoms. The molecule has 162 valence electrons. The lowest BCUT2D eigenvalue weighted by Crippen LogP contribution is -2.47. The maximum absolute atomic E-state index is 13.5. The van der Waals surface area contributed by atoms with E-state index in [0.29, 0.717) is 31.7 Å². The van der Waals surface area contributed by atoms with E-state index in [2.05, 4.69) is 5.32 Å². The summed E-state index contributed by atoms with van der Waals surface area (Å²) in [6, 6.07) is 6.41. The summed E-state index contributed by atoms with van der Waals surface area (Å²) in [6.45, 7) is 3.39. The second-order valence-corrected chi connectivity index (χ2v) is 9.12. The lowest BCUT2D eigenvalue weighted by Gasteiger charge is -2.31. The van der Waals surface area contributed by atoms with Crippen LogP contribution in [0.2, 0.25) is 0 Å². The second-order valence-electron chi connectivity index (χ2n) is 7.18. The molecule has 1 aliphatic rings. The number of anilines is 1. The Bertz CT molecular complexity index is 1060. The number of hydrogen-bond acceptors (Lipinski definition) is 6. The van der Waals surface area contributed by atoms with Crippen molar-refractivity contribution in [3.05, 3.63) is 63.7 Å². The highest BCUT2D eigenvalue weighted by Gasteiger charge is 2.30. The van der Waals surface area contributed by atoms with Crippen LogP contribution in [0.15, 0.2) is 41.3 Å². The third-order valence-corrected chi connectivity index (χ3v) is 6.98. The maximum Gasteiger partial charge on any atom is 0.293 e. The van der Waals surface area contributed by atoms with E-state index in [0.717, 1.165) is 18.2 Å². The molecular weight excluding hydrogens is 418 g/mol. The molecule has 1 atom stereocenters. The average Bonchev–Trinajstić information content (AvgIpc) is 2.70. The van der Waals surface area contributed by atoms with Gasteiger partial charge in [0.25, 0.3) is 5.69 Å². The van der Waals surface area contributed by atoms with Gasteiger partial charge < -0.3 is 10.2 Å². The molecule has 30 heavy (non-hydrogen) atoms. The standard InChI is InChI=1S/C19H22F2N4O4S/c1-13(14-3-5-16(20)17(21)11-14)22-18-6-4-15(12-19(18)25(26)27)30(28,29)24-9-7-23(2)8-10-24/h3-6,11-13,22H,7-10H2,1-2H3/t13-/m0/s1. The Hall–Kier alpha value is -2.63. The largest absolute Gasteiger partial charge is 0.373 e. The highest BCUT2D eigenvalue weighted by molar-refractivity contribution is 7.89. The first-order chi connectivity index (χ1) is 14.1. The van der Waals surface area contributed by atoms with Crippen LogP contribution in [0, 0.1) is 21.7 Å². The summed E-state index contributed by atoms with van der Waals surface area (Å²) in [5.74, 6) is -2.01. The van der Waals surface area contributed by atoms with Crippen molar-refractivity contribution in [3.8, 4) is 0 Å². The molecule has 1 saturated heterocycles. The van der Waals surface area contributed by atoms with Gasteiger partial charge in [0.15, 0.2) is 11.6 Å². The normalized spacial score (nSPS) is 16.9. The number of nitrogens with zero attached hydrogens (tertiary/aromatic N) is 3. The molecule has 1 aliphatic heterocycles. The van der Waals surface area contributed by atoms with E-state index in [1.54, 1.807) is 6.92 Å². The highest BCUT2D eigenvalue weighted by atomic mass is 32.2. The molecule has 0 radical (unpaired) electrons. The minimum Gasteiger partial charge on any atom is -0.373 e. The smallest absolute Gasteiger partial charge is 0.293 e. The molecule has 0 amide bonds. The van der Waals surface area contributed by atoms with Crippen molar-refractivity contribution in [2.45, 2.75) is 17.9 Å². The van der Waals surface area contributed by atoms with Crippen LogP contribution in [-0.2, 0) is 10.0 Å². The number of piperazine rings is 1. The number of sulfonamides is 1. The maximum atomic E-state index is 13.5. The molecule has 3 rings (SSSR count). The third-order valence-electron chi connectivity index (χ3n) is 5.08. The Balaban J connectivity index is 1.88. The zero-order valence-electron chi connectivity index (χ0n) is 16.5. The number of nitro benzene ring substituents is 1. The summed E-state index contributed by atoms with van der Waals surface area (Å²) >= 11 is 0. The molecule has 0 spiro atoms. The van der Waals surface area contributed by atoms with E-state index in [-0.39, 0.29) is 10.6 Å². The van der Waals surface area contributed by atoms with Gasteiger partial charge in [0, 0.05) is 38.3 Å². The van der Waals surface area contributed by atoms with Crippen LogP contribution < -0.4 is 5.32 Å². The van der Waals surface area contributed by atoms with Gasteiger partial charge in [-0.05, 0) is 43.8 Å². The van der Waals surface area contributed by atoms with Crippen molar-refractivity contribution in [2.75, 3.05) is 38.5 Å². The zero-order chi connectivity index (χ0) is 22.1. The molecule has 1 heterocycles. The van der Waals surface area contributed by atoms with Crippen LogP contribution >= 0.6 is 0 Å². The third kappa shape index (κ3) is 4.58. The van der Waals surface area contributed by atoms with Crippen LogP contribution in [0.3, 0.4) is 0 Å². The SMILES string of the molecule is C[C@H](Nc1ccc(S(=O)(=O)N2CCN(C)CC2)cc1[N+](=O)[O-])c1ccc(F)c(F)c1. The lowest BCUT2D eigenvalue weighted by molar-refractivity contribution is -0.384. The first kappa shape index (κ1) is 22.1. The summed E-state index contributed by atoms with van der Waals surface area (Å²) in [5.41, 5.74) is 0.0477. The molecule has 2 aromatic carbocycles. The minimum absolute atomic E-state index is 0.0783. The number of nitro groups is 1. The van der Waals surface area contributed by atoms with E-state index in [4.69, 9.17) is 0 Å². The van der Waals surface area contributed by atoms with Crippen molar-refractivity contribution in [1.82, 2.24) is 9.21 Å². The summed E-state index contributed by atoms with van der Waals surface area (Å²) in [6.07, 6.45) is 0. The molecule has 0 saturated carbocycles. The number of nitrogens with one attached hydrogen (secondary N) is 1. The van der Waals surface area contributed by atoms with Gasteiger partial charge in [0.2, 0.25) is 10.0 Å². The summed E-state index contributed by atoms with van der Waals surface area (Å²) < 4.78 is 53.7. The number of likely N-dealkylation sites (N-methyl/N-ethyl adjacent to an activating group) is 1. The molecule has 2 aromatic rings. The number of benzene rings is 2. The fraction of sp³-hybridized carbons (Fsp3) is 0.368. The van der Waals surface area contributed by atoms with E-state index < -0.39 is 38.3 Å². The second kappa shape index (κ2) is 8.62. The zero-order valence-corrected chi connectivity index (χ0v) is 17.3. The summed E-state index contributed by atoms with van der Waals surface area (Å²) in [4.78, 5) is 12.7.